The van der Waals surface area contributed by atoms with Crippen molar-refractivity contribution in [3.8, 4) is 5.75 Å². The molecule has 2 N–H and O–H groups in total. The van der Waals surface area contributed by atoms with E-state index in [2.05, 4.69) is 20.6 Å². The van der Waals surface area contributed by atoms with Crippen molar-refractivity contribution in [3.63, 3.8) is 0 Å². The van der Waals surface area contributed by atoms with Crippen LogP contribution < -0.4 is 15.4 Å². The molecule has 0 radical (unpaired) electrons. The Hall–Kier alpha value is -3.29. The Morgan fingerprint density at radius 1 is 1.00 bits per heavy atom. The maximum Gasteiger partial charge on any atom is 0.416 e. The number of benzene rings is 2. The normalized spacial score (nSPS) is 11.2. The van der Waals surface area contributed by atoms with Gasteiger partial charge in [-0.1, -0.05) is 12.1 Å². The summed E-state index contributed by atoms with van der Waals surface area (Å²) >= 11 is 0. The van der Waals surface area contributed by atoms with Crippen molar-refractivity contribution in [1.82, 2.24) is 9.97 Å². The van der Waals surface area contributed by atoms with E-state index < -0.39 is 11.7 Å². The largest absolute Gasteiger partial charge is 0.497 e. The second-order valence-electron chi connectivity index (χ2n) is 6.45. The maximum absolute atomic E-state index is 12.7. The van der Waals surface area contributed by atoms with Gasteiger partial charge in [-0.25, -0.2) is 4.98 Å². The van der Waals surface area contributed by atoms with Gasteiger partial charge in [-0.15, -0.1) is 0 Å². The average Bonchev–Trinajstić information content (AvgIpc) is 2.70. The van der Waals surface area contributed by atoms with E-state index in [9.17, 15) is 13.2 Å². The van der Waals surface area contributed by atoms with Crippen LogP contribution in [-0.2, 0) is 12.6 Å². The topological polar surface area (TPSA) is 59.1 Å². The Bertz CT molecular complexity index is 942. The van der Waals surface area contributed by atoms with Gasteiger partial charge in [0.25, 0.3) is 0 Å². The molecule has 0 fully saturated rings. The van der Waals surface area contributed by atoms with Crippen molar-refractivity contribution >= 4 is 17.5 Å². The number of nitrogens with one attached hydrogen (secondary N) is 2. The molecule has 3 aromatic rings. The molecule has 1 heterocycles. The van der Waals surface area contributed by atoms with Crippen LogP contribution in [0.3, 0.4) is 0 Å². The van der Waals surface area contributed by atoms with Crippen molar-refractivity contribution < 1.29 is 17.9 Å². The minimum absolute atomic E-state index is 0.308. The first-order valence-electron chi connectivity index (χ1n) is 9.00. The van der Waals surface area contributed by atoms with Crippen molar-refractivity contribution in [2.75, 3.05) is 24.3 Å². The molecule has 5 nitrogen and oxygen atoms in total. The number of anilines is 3. The first-order valence-corrected chi connectivity index (χ1v) is 9.00. The summed E-state index contributed by atoms with van der Waals surface area (Å²) in [6.07, 6.45) is -1.90. The molecule has 0 spiro atoms. The number of ether oxygens (including phenoxy) is 1. The van der Waals surface area contributed by atoms with Gasteiger partial charge in [0.15, 0.2) is 0 Å². The average molecular weight is 402 g/mol. The predicted octanol–water partition coefficient (Wildman–Crippen LogP) is 5.21. The predicted molar refractivity (Wildman–Crippen MR) is 107 cm³/mol. The molecule has 0 amide bonds. The minimum Gasteiger partial charge on any atom is -0.497 e. The third-order valence-electron chi connectivity index (χ3n) is 4.31. The van der Waals surface area contributed by atoms with Gasteiger partial charge in [-0.2, -0.15) is 18.2 Å². The van der Waals surface area contributed by atoms with Crippen LogP contribution in [0.2, 0.25) is 0 Å². The lowest BCUT2D eigenvalue weighted by atomic mass is 10.1. The number of hydrogen-bond acceptors (Lipinski definition) is 5. The fraction of sp³-hybridized carbons (Fsp3) is 0.238. The van der Waals surface area contributed by atoms with Crippen LogP contribution in [0.1, 0.15) is 16.7 Å². The number of alkyl halides is 3. The zero-order chi connectivity index (χ0) is 20.9. The van der Waals surface area contributed by atoms with E-state index in [0.717, 1.165) is 35.4 Å². The van der Waals surface area contributed by atoms with Gasteiger partial charge in [-0.05, 0) is 55.3 Å². The number of methoxy groups -OCH3 is 1. The molecule has 0 aliphatic carbocycles. The highest BCUT2D eigenvalue weighted by molar-refractivity contribution is 5.56. The fourth-order valence-electron chi connectivity index (χ4n) is 2.67. The van der Waals surface area contributed by atoms with Crippen molar-refractivity contribution in [3.05, 3.63) is 71.4 Å². The number of aryl methyl sites for hydroxylation is 1. The number of aromatic nitrogens is 2. The molecule has 2 aromatic carbocycles. The highest BCUT2D eigenvalue weighted by Crippen LogP contribution is 2.30. The van der Waals surface area contributed by atoms with E-state index in [1.54, 1.807) is 13.3 Å². The summed E-state index contributed by atoms with van der Waals surface area (Å²) in [7, 11) is 1.63. The molecule has 0 saturated carbocycles. The molecule has 1 aromatic heterocycles. The van der Waals surface area contributed by atoms with Crippen LogP contribution in [0.5, 0.6) is 5.75 Å². The lowest BCUT2D eigenvalue weighted by molar-refractivity contribution is -0.137. The molecule has 8 heteroatoms. The standard InChI is InChI=1S/C21H21F3N4O/c1-14-13-26-20(27-17-7-5-16(6-8-17)21(22,23)24)28-19(14)25-12-11-15-3-9-18(29-2)10-4-15/h3-10,13H,11-12H2,1-2H3,(H2,25,26,27,28). The molecule has 0 aliphatic rings. The molecular weight excluding hydrogens is 381 g/mol. The summed E-state index contributed by atoms with van der Waals surface area (Å²) in [6, 6.07) is 12.6. The van der Waals surface area contributed by atoms with Crippen molar-refractivity contribution in [2.45, 2.75) is 19.5 Å². The molecule has 29 heavy (non-hydrogen) atoms. The molecule has 0 bridgehead atoms. The van der Waals surface area contributed by atoms with Gasteiger partial charge in [0, 0.05) is 24.0 Å². The molecule has 3 rings (SSSR count). The number of hydrogen-bond donors (Lipinski definition) is 2. The van der Waals surface area contributed by atoms with Crippen molar-refractivity contribution in [2.24, 2.45) is 0 Å². The van der Waals surface area contributed by atoms with E-state index in [1.165, 1.54) is 12.1 Å². The smallest absolute Gasteiger partial charge is 0.416 e. The Labute approximate surface area is 167 Å². The second-order valence-corrected chi connectivity index (χ2v) is 6.45. The first-order chi connectivity index (χ1) is 13.8. The van der Waals surface area contributed by atoms with Gasteiger partial charge in [0.05, 0.1) is 12.7 Å². The van der Waals surface area contributed by atoms with Crippen LogP contribution in [0.4, 0.5) is 30.6 Å². The van der Waals surface area contributed by atoms with Gasteiger partial charge < -0.3 is 15.4 Å². The third-order valence-corrected chi connectivity index (χ3v) is 4.31. The van der Waals surface area contributed by atoms with Gasteiger partial charge in [0.1, 0.15) is 11.6 Å². The summed E-state index contributed by atoms with van der Waals surface area (Å²) in [5.41, 5.74) is 1.81. The molecule has 0 unspecified atom stereocenters. The zero-order valence-electron chi connectivity index (χ0n) is 16.0. The monoisotopic (exact) mass is 402 g/mol. The number of halogens is 3. The van der Waals surface area contributed by atoms with Crippen LogP contribution in [0.25, 0.3) is 0 Å². The molecule has 0 aliphatic heterocycles. The fourth-order valence-corrected chi connectivity index (χ4v) is 2.67. The molecular formula is C21H21F3N4O. The van der Waals surface area contributed by atoms with Crippen LogP contribution >= 0.6 is 0 Å². The highest BCUT2D eigenvalue weighted by Gasteiger charge is 2.29. The van der Waals surface area contributed by atoms with E-state index in [4.69, 9.17) is 4.74 Å². The zero-order valence-corrected chi connectivity index (χ0v) is 16.0. The lowest BCUT2D eigenvalue weighted by Gasteiger charge is -2.12. The summed E-state index contributed by atoms with van der Waals surface area (Å²) in [4.78, 5) is 8.61. The summed E-state index contributed by atoms with van der Waals surface area (Å²) in [6.45, 7) is 2.56. The van der Waals surface area contributed by atoms with Crippen LogP contribution in [0.15, 0.2) is 54.7 Å². The quantitative estimate of drug-likeness (QED) is 0.568. The van der Waals surface area contributed by atoms with Gasteiger partial charge in [0.2, 0.25) is 5.95 Å². The van der Waals surface area contributed by atoms with E-state index in [0.29, 0.717) is 24.0 Å². The minimum atomic E-state index is -4.36. The summed E-state index contributed by atoms with van der Waals surface area (Å²) in [5.74, 6) is 1.79. The second kappa shape index (κ2) is 8.81. The molecule has 0 saturated heterocycles. The SMILES string of the molecule is COc1ccc(CCNc2nc(Nc3ccc(C(F)(F)F)cc3)ncc2C)cc1. The number of rotatable bonds is 7. The summed E-state index contributed by atoms with van der Waals surface area (Å²) in [5, 5.41) is 6.20. The Kier molecular flexibility index (Phi) is 6.21. The van der Waals surface area contributed by atoms with E-state index >= 15 is 0 Å². The maximum atomic E-state index is 12.7. The molecule has 0 atom stereocenters. The highest BCUT2D eigenvalue weighted by atomic mass is 19.4. The van der Waals surface area contributed by atoms with Crippen LogP contribution in [0, 0.1) is 6.92 Å². The first kappa shape index (κ1) is 20.4. The third kappa shape index (κ3) is 5.60. The summed E-state index contributed by atoms with van der Waals surface area (Å²) < 4.78 is 43.1. The Balaban J connectivity index is 1.61. The lowest BCUT2D eigenvalue weighted by Crippen LogP contribution is -2.09. The Morgan fingerprint density at radius 2 is 1.69 bits per heavy atom. The Morgan fingerprint density at radius 3 is 2.31 bits per heavy atom. The van der Waals surface area contributed by atoms with Gasteiger partial charge in [-0.3, -0.25) is 0 Å². The van der Waals surface area contributed by atoms with Crippen LogP contribution in [-0.4, -0.2) is 23.6 Å². The number of nitrogens with zero attached hydrogens (tertiary/aromatic N) is 2. The van der Waals surface area contributed by atoms with Gasteiger partial charge >= 0.3 is 6.18 Å². The van der Waals surface area contributed by atoms with E-state index in [1.807, 2.05) is 31.2 Å². The van der Waals surface area contributed by atoms with Crippen molar-refractivity contribution in [1.29, 1.82) is 0 Å². The van der Waals surface area contributed by atoms with E-state index in [-0.39, 0.29) is 0 Å². The molecule has 152 valence electrons.